The molecule has 0 spiro atoms. The molecule has 0 rings (SSSR count). The number of aliphatic carboxylic acids is 1. The van der Waals surface area contributed by atoms with Gasteiger partial charge in [-0.2, -0.15) is 0 Å². The van der Waals surface area contributed by atoms with Crippen LogP contribution in [-0.4, -0.2) is 17.6 Å². The molecule has 15 heavy (non-hydrogen) atoms. The predicted molar refractivity (Wildman–Crippen MR) is 62.8 cm³/mol. The first-order valence-corrected chi connectivity index (χ1v) is 6.06. The normalized spacial score (nSPS) is 14.9. The topological polar surface area (TPSA) is 63.3 Å². The van der Waals surface area contributed by atoms with Crippen LogP contribution < -0.4 is 5.73 Å². The highest BCUT2D eigenvalue weighted by Crippen LogP contribution is 2.28. The van der Waals surface area contributed by atoms with Gasteiger partial charge in [0, 0.05) is 6.54 Å². The van der Waals surface area contributed by atoms with Crippen LogP contribution in [0.15, 0.2) is 0 Å². The molecule has 0 aliphatic rings. The van der Waals surface area contributed by atoms with Crippen molar-refractivity contribution < 1.29 is 9.90 Å². The third-order valence-electron chi connectivity index (χ3n) is 3.28. The fourth-order valence-electron chi connectivity index (χ4n) is 1.84. The van der Waals surface area contributed by atoms with Crippen LogP contribution in [0.2, 0.25) is 0 Å². The Hall–Kier alpha value is -0.570. The number of hydrogen-bond donors (Lipinski definition) is 2. The lowest BCUT2D eigenvalue weighted by Gasteiger charge is -2.26. The van der Waals surface area contributed by atoms with E-state index in [4.69, 9.17) is 10.8 Å². The summed E-state index contributed by atoms with van der Waals surface area (Å²) in [5.74, 6) is -0.733. The zero-order chi connectivity index (χ0) is 11.7. The molecule has 0 aromatic heterocycles. The van der Waals surface area contributed by atoms with Crippen LogP contribution in [0.1, 0.15) is 58.8 Å². The monoisotopic (exact) mass is 215 g/mol. The lowest BCUT2D eigenvalue weighted by atomic mass is 9.80. The number of carboxylic acids is 1. The highest BCUT2D eigenvalue weighted by atomic mass is 16.4. The summed E-state index contributed by atoms with van der Waals surface area (Å²) in [6.45, 7) is 4.34. The molecule has 3 N–H and O–H groups in total. The van der Waals surface area contributed by atoms with E-state index < -0.39 is 11.4 Å². The zero-order valence-corrected chi connectivity index (χ0v) is 10.1. The Bertz CT molecular complexity index is 176. The molecular formula is C12H25NO2. The maximum atomic E-state index is 11.1. The van der Waals surface area contributed by atoms with Crippen LogP contribution in [0.4, 0.5) is 0 Å². The summed E-state index contributed by atoms with van der Waals surface area (Å²) in [4.78, 5) is 11.1. The molecule has 0 saturated heterocycles. The molecule has 90 valence electrons. The van der Waals surface area contributed by atoms with Gasteiger partial charge < -0.3 is 10.8 Å². The Morgan fingerprint density at radius 3 is 2.20 bits per heavy atom. The predicted octanol–water partition coefficient (Wildman–Crippen LogP) is 2.79. The molecule has 0 amide bonds. The standard InChI is InChI=1S/C12H25NO2/c1-3-5-6-7-8-9-12(4-2,10-13)11(14)15/h3-10,13H2,1-2H3,(H,14,15). The molecular weight excluding hydrogens is 190 g/mol. The fourth-order valence-corrected chi connectivity index (χ4v) is 1.84. The Morgan fingerprint density at radius 1 is 1.20 bits per heavy atom. The number of carboxylic acid groups (broad SMARTS) is 1. The third-order valence-corrected chi connectivity index (χ3v) is 3.28. The van der Waals surface area contributed by atoms with Gasteiger partial charge in [0.25, 0.3) is 0 Å². The van der Waals surface area contributed by atoms with Crippen molar-refractivity contribution >= 4 is 5.97 Å². The number of rotatable bonds is 9. The first-order valence-electron chi connectivity index (χ1n) is 6.06. The molecule has 1 atom stereocenters. The van der Waals surface area contributed by atoms with Gasteiger partial charge in [-0.05, 0) is 12.8 Å². The molecule has 3 nitrogen and oxygen atoms in total. The number of hydrogen-bond acceptors (Lipinski definition) is 2. The molecule has 0 heterocycles. The zero-order valence-electron chi connectivity index (χ0n) is 10.1. The lowest BCUT2D eigenvalue weighted by molar-refractivity contribution is -0.149. The summed E-state index contributed by atoms with van der Waals surface area (Å²) in [5.41, 5.74) is 4.90. The Kier molecular flexibility index (Phi) is 7.39. The first-order chi connectivity index (χ1) is 7.13. The minimum atomic E-state index is -0.733. The van der Waals surface area contributed by atoms with Crippen molar-refractivity contribution in [2.75, 3.05) is 6.54 Å². The van der Waals surface area contributed by atoms with Gasteiger partial charge in [0.1, 0.15) is 0 Å². The maximum Gasteiger partial charge on any atom is 0.310 e. The van der Waals surface area contributed by atoms with Crippen molar-refractivity contribution in [3.63, 3.8) is 0 Å². The smallest absolute Gasteiger partial charge is 0.310 e. The van der Waals surface area contributed by atoms with E-state index >= 15 is 0 Å². The molecule has 0 fully saturated rings. The molecule has 0 aliphatic carbocycles. The second kappa shape index (κ2) is 7.69. The molecule has 1 unspecified atom stereocenters. The molecule has 0 radical (unpaired) electrons. The summed E-state index contributed by atoms with van der Waals surface area (Å²) in [6, 6.07) is 0. The third kappa shape index (κ3) is 4.65. The van der Waals surface area contributed by atoms with Gasteiger partial charge in [0.15, 0.2) is 0 Å². The van der Waals surface area contributed by atoms with E-state index in [1.807, 2.05) is 6.92 Å². The number of unbranched alkanes of at least 4 members (excludes halogenated alkanes) is 4. The molecule has 0 bridgehead atoms. The Morgan fingerprint density at radius 2 is 1.80 bits per heavy atom. The van der Waals surface area contributed by atoms with E-state index in [1.54, 1.807) is 0 Å². The summed E-state index contributed by atoms with van der Waals surface area (Å²) < 4.78 is 0. The first kappa shape index (κ1) is 14.4. The van der Waals surface area contributed by atoms with Crippen LogP contribution in [0.25, 0.3) is 0 Å². The van der Waals surface area contributed by atoms with Gasteiger partial charge in [-0.25, -0.2) is 0 Å². The van der Waals surface area contributed by atoms with Gasteiger partial charge in [-0.1, -0.05) is 46.0 Å². The van der Waals surface area contributed by atoms with Crippen molar-refractivity contribution in [3.8, 4) is 0 Å². The molecule has 0 aromatic carbocycles. The highest BCUT2D eigenvalue weighted by molar-refractivity contribution is 5.74. The lowest BCUT2D eigenvalue weighted by Crippen LogP contribution is -2.38. The van der Waals surface area contributed by atoms with Crippen LogP contribution in [-0.2, 0) is 4.79 Å². The summed E-state index contributed by atoms with van der Waals surface area (Å²) in [7, 11) is 0. The van der Waals surface area contributed by atoms with Crippen LogP contribution in [0, 0.1) is 5.41 Å². The quantitative estimate of drug-likeness (QED) is 0.581. The highest BCUT2D eigenvalue weighted by Gasteiger charge is 2.34. The largest absolute Gasteiger partial charge is 0.481 e. The average molecular weight is 215 g/mol. The van der Waals surface area contributed by atoms with E-state index in [0.29, 0.717) is 6.42 Å². The van der Waals surface area contributed by atoms with Crippen LogP contribution in [0.5, 0.6) is 0 Å². The SMILES string of the molecule is CCCCCCCC(CC)(CN)C(=O)O. The van der Waals surface area contributed by atoms with Crippen molar-refractivity contribution in [1.82, 2.24) is 0 Å². The van der Waals surface area contributed by atoms with Gasteiger partial charge in [0.2, 0.25) is 0 Å². The van der Waals surface area contributed by atoms with E-state index in [1.165, 1.54) is 19.3 Å². The van der Waals surface area contributed by atoms with Gasteiger partial charge in [-0.3, -0.25) is 4.79 Å². The van der Waals surface area contributed by atoms with Crippen molar-refractivity contribution in [2.24, 2.45) is 11.1 Å². The van der Waals surface area contributed by atoms with E-state index in [9.17, 15) is 4.79 Å². The minimum absolute atomic E-state index is 0.257. The Balaban J connectivity index is 3.91. The van der Waals surface area contributed by atoms with Crippen molar-refractivity contribution in [2.45, 2.75) is 58.8 Å². The molecule has 0 aliphatic heterocycles. The van der Waals surface area contributed by atoms with Crippen LogP contribution in [0.3, 0.4) is 0 Å². The van der Waals surface area contributed by atoms with Gasteiger partial charge in [0.05, 0.1) is 5.41 Å². The molecule has 0 saturated carbocycles. The number of nitrogens with two attached hydrogens (primary N) is 1. The molecule has 0 aromatic rings. The van der Waals surface area contributed by atoms with Gasteiger partial charge >= 0.3 is 5.97 Å². The van der Waals surface area contributed by atoms with E-state index in [-0.39, 0.29) is 6.54 Å². The Labute approximate surface area is 93.0 Å². The fraction of sp³-hybridized carbons (Fsp3) is 0.917. The second-order valence-corrected chi connectivity index (χ2v) is 4.31. The maximum absolute atomic E-state index is 11.1. The van der Waals surface area contributed by atoms with Crippen molar-refractivity contribution in [1.29, 1.82) is 0 Å². The minimum Gasteiger partial charge on any atom is -0.481 e. The average Bonchev–Trinajstić information content (AvgIpc) is 2.23. The van der Waals surface area contributed by atoms with Gasteiger partial charge in [-0.15, -0.1) is 0 Å². The van der Waals surface area contributed by atoms with Crippen LogP contribution >= 0.6 is 0 Å². The second-order valence-electron chi connectivity index (χ2n) is 4.31. The van der Waals surface area contributed by atoms with E-state index in [2.05, 4.69) is 6.92 Å². The summed E-state index contributed by atoms with van der Waals surface area (Å²) >= 11 is 0. The van der Waals surface area contributed by atoms with E-state index in [0.717, 1.165) is 19.3 Å². The summed E-state index contributed by atoms with van der Waals surface area (Å²) in [5, 5.41) is 9.15. The van der Waals surface area contributed by atoms with Crippen molar-refractivity contribution in [3.05, 3.63) is 0 Å². The molecule has 3 heteroatoms. The summed E-state index contributed by atoms with van der Waals surface area (Å²) in [6.07, 6.45) is 7.13. The number of carbonyl (C=O) groups is 1.